The number of hydrogen-bond donors (Lipinski definition) is 1. The molecule has 1 amide bonds. The molecule has 1 fully saturated rings. The molecule has 0 aromatic carbocycles. The molecule has 3 rings (SSSR count). The fourth-order valence-electron chi connectivity index (χ4n) is 2.71. The number of aryl methyl sites for hydroxylation is 2. The third kappa shape index (κ3) is 4.20. The van der Waals surface area contributed by atoms with Crippen LogP contribution >= 0.6 is 11.6 Å². The number of carbonyl (C=O) groups is 1. The molecule has 6 nitrogen and oxygen atoms in total. The molecule has 1 saturated carbocycles. The van der Waals surface area contributed by atoms with Crippen molar-refractivity contribution in [3.63, 3.8) is 0 Å². The van der Waals surface area contributed by atoms with Gasteiger partial charge in [-0.1, -0.05) is 11.6 Å². The van der Waals surface area contributed by atoms with Crippen LogP contribution in [0.2, 0.25) is 5.02 Å². The van der Waals surface area contributed by atoms with Crippen LogP contribution in [0.5, 0.6) is 0 Å². The Labute approximate surface area is 153 Å². The lowest BCUT2D eigenvalue weighted by Gasteiger charge is -2.07. The smallest absolute Gasteiger partial charge is 0.350 e. The zero-order valence-corrected chi connectivity index (χ0v) is 14.9. The van der Waals surface area contributed by atoms with Crippen LogP contribution in [0, 0.1) is 0 Å². The highest BCUT2D eigenvalue weighted by molar-refractivity contribution is 6.32. The maximum atomic E-state index is 13.0. The van der Waals surface area contributed by atoms with Gasteiger partial charge < -0.3 is 5.32 Å². The number of rotatable bonds is 7. The van der Waals surface area contributed by atoms with Gasteiger partial charge in [-0.05, 0) is 25.8 Å². The molecule has 142 valence electrons. The number of hydrogen-bond acceptors (Lipinski definition) is 3. The van der Waals surface area contributed by atoms with E-state index in [9.17, 15) is 18.0 Å². The van der Waals surface area contributed by atoms with E-state index < -0.39 is 11.9 Å². The second-order valence-electron chi connectivity index (χ2n) is 6.23. The number of alkyl halides is 3. The minimum Gasteiger partial charge on any atom is -0.350 e. The summed E-state index contributed by atoms with van der Waals surface area (Å²) in [6.07, 6.45) is -1.20. The highest BCUT2D eigenvalue weighted by Gasteiger charge is 2.41. The van der Waals surface area contributed by atoms with Crippen LogP contribution in [0.4, 0.5) is 13.2 Å². The molecular formula is C16H19ClF3N5O. The van der Waals surface area contributed by atoms with E-state index >= 15 is 0 Å². The van der Waals surface area contributed by atoms with Crippen LogP contribution in [0.1, 0.15) is 49.2 Å². The monoisotopic (exact) mass is 389 g/mol. The zero-order valence-electron chi connectivity index (χ0n) is 14.2. The van der Waals surface area contributed by atoms with Crippen molar-refractivity contribution in [3.8, 4) is 0 Å². The van der Waals surface area contributed by atoms with E-state index in [1.807, 2.05) is 13.1 Å². The van der Waals surface area contributed by atoms with E-state index in [1.54, 1.807) is 10.7 Å². The minimum absolute atomic E-state index is 0.00725. The molecule has 1 aliphatic rings. The number of aromatic nitrogens is 4. The third-order valence-corrected chi connectivity index (χ3v) is 4.57. The van der Waals surface area contributed by atoms with Gasteiger partial charge in [0.05, 0.1) is 29.5 Å². The van der Waals surface area contributed by atoms with Crippen LogP contribution in [-0.4, -0.2) is 25.5 Å². The fourth-order valence-corrected chi connectivity index (χ4v) is 3.11. The summed E-state index contributed by atoms with van der Waals surface area (Å²) in [5, 5.41) is 10.2. The summed E-state index contributed by atoms with van der Waals surface area (Å²) in [7, 11) is 0. The summed E-state index contributed by atoms with van der Waals surface area (Å²) < 4.78 is 42.0. The molecule has 26 heavy (non-hydrogen) atoms. The highest BCUT2D eigenvalue weighted by atomic mass is 35.5. The standard InChI is InChI=1S/C16H19ClF3N5O/c1-2-24-7-5-11(22-24)9-21-12(26)6-8-25-14(10-3-4-10)13(17)15(23-25)16(18,19)20/h5,7,10H,2-4,6,8-9H2,1H3,(H,21,26). The Hall–Kier alpha value is -2.03. The summed E-state index contributed by atoms with van der Waals surface area (Å²) in [6.45, 7) is 3.02. The molecule has 0 atom stereocenters. The fraction of sp³-hybridized carbons (Fsp3) is 0.562. The van der Waals surface area contributed by atoms with Gasteiger partial charge in [-0.2, -0.15) is 23.4 Å². The molecule has 0 aliphatic heterocycles. The van der Waals surface area contributed by atoms with Gasteiger partial charge in [0.15, 0.2) is 5.69 Å². The van der Waals surface area contributed by atoms with Crippen molar-refractivity contribution >= 4 is 17.5 Å². The first-order valence-electron chi connectivity index (χ1n) is 8.42. The maximum absolute atomic E-state index is 13.0. The predicted molar refractivity (Wildman–Crippen MR) is 88.6 cm³/mol. The number of nitrogens with zero attached hydrogens (tertiary/aromatic N) is 4. The lowest BCUT2D eigenvalue weighted by Crippen LogP contribution is -2.24. The predicted octanol–water partition coefficient (Wildman–Crippen LogP) is 3.36. The Bertz CT molecular complexity index is 794. The van der Waals surface area contributed by atoms with Crippen molar-refractivity contribution in [3.05, 3.63) is 34.4 Å². The Morgan fingerprint density at radius 1 is 1.38 bits per heavy atom. The topological polar surface area (TPSA) is 64.7 Å². The van der Waals surface area contributed by atoms with Gasteiger partial charge in [-0.15, -0.1) is 0 Å². The first-order chi connectivity index (χ1) is 12.3. The van der Waals surface area contributed by atoms with E-state index in [0.29, 0.717) is 5.69 Å². The average Bonchev–Trinajstić information content (AvgIpc) is 3.19. The molecule has 2 aromatic heterocycles. The van der Waals surface area contributed by atoms with Gasteiger partial charge in [0.1, 0.15) is 0 Å². The second kappa shape index (κ2) is 7.30. The van der Waals surface area contributed by atoms with Crippen molar-refractivity contribution in [2.75, 3.05) is 0 Å². The lowest BCUT2D eigenvalue weighted by molar-refractivity contribution is -0.141. The SMILES string of the molecule is CCn1ccc(CNC(=O)CCn2nc(C(F)(F)F)c(Cl)c2C2CC2)n1. The molecule has 2 heterocycles. The van der Waals surface area contributed by atoms with E-state index in [4.69, 9.17) is 11.6 Å². The molecule has 0 bridgehead atoms. The number of nitrogens with one attached hydrogen (secondary N) is 1. The Morgan fingerprint density at radius 2 is 2.12 bits per heavy atom. The molecule has 0 spiro atoms. The van der Waals surface area contributed by atoms with Crippen LogP contribution in [0.3, 0.4) is 0 Å². The zero-order chi connectivity index (χ0) is 18.9. The number of carbonyl (C=O) groups excluding carboxylic acids is 1. The first kappa shape index (κ1) is 18.8. The van der Waals surface area contributed by atoms with Crippen LogP contribution in [0.25, 0.3) is 0 Å². The van der Waals surface area contributed by atoms with Gasteiger partial charge in [0, 0.05) is 25.1 Å². The molecular weight excluding hydrogens is 371 g/mol. The summed E-state index contributed by atoms with van der Waals surface area (Å²) in [4.78, 5) is 12.0. The average molecular weight is 390 g/mol. The number of halogens is 4. The molecule has 10 heteroatoms. The second-order valence-corrected chi connectivity index (χ2v) is 6.61. The summed E-state index contributed by atoms with van der Waals surface area (Å²) in [5.41, 5.74) is 0.0282. The Balaban J connectivity index is 1.61. The van der Waals surface area contributed by atoms with Crippen LogP contribution in [-0.2, 0) is 30.6 Å². The van der Waals surface area contributed by atoms with Crippen molar-refractivity contribution < 1.29 is 18.0 Å². The van der Waals surface area contributed by atoms with Gasteiger partial charge in [-0.3, -0.25) is 14.2 Å². The van der Waals surface area contributed by atoms with Crippen molar-refractivity contribution in [2.45, 2.75) is 57.9 Å². The highest BCUT2D eigenvalue weighted by Crippen LogP contribution is 2.46. The van der Waals surface area contributed by atoms with Crippen LogP contribution < -0.4 is 5.32 Å². The summed E-state index contributed by atoms with van der Waals surface area (Å²) in [6, 6.07) is 1.80. The van der Waals surface area contributed by atoms with Gasteiger partial charge in [0.2, 0.25) is 5.91 Å². The van der Waals surface area contributed by atoms with Crippen molar-refractivity contribution in [1.29, 1.82) is 0 Å². The first-order valence-corrected chi connectivity index (χ1v) is 8.79. The van der Waals surface area contributed by atoms with Crippen molar-refractivity contribution in [2.24, 2.45) is 0 Å². The normalized spacial score (nSPS) is 14.7. The van der Waals surface area contributed by atoms with Crippen molar-refractivity contribution in [1.82, 2.24) is 24.9 Å². The lowest BCUT2D eigenvalue weighted by atomic mass is 10.2. The molecule has 0 unspecified atom stereocenters. The quantitative estimate of drug-likeness (QED) is 0.789. The Kier molecular flexibility index (Phi) is 5.27. The molecule has 1 aliphatic carbocycles. The maximum Gasteiger partial charge on any atom is 0.436 e. The summed E-state index contributed by atoms with van der Waals surface area (Å²) in [5.74, 6) is -0.287. The van der Waals surface area contributed by atoms with E-state index in [2.05, 4.69) is 15.5 Å². The van der Waals surface area contributed by atoms with Gasteiger partial charge in [-0.25, -0.2) is 0 Å². The molecule has 1 N–H and O–H groups in total. The van der Waals surface area contributed by atoms with Gasteiger partial charge in [0.25, 0.3) is 0 Å². The summed E-state index contributed by atoms with van der Waals surface area (Å²) >= 11 is 5.91. The van der Waals surface area contributed by atoms with E-state index in [-0.39, 0.29) is 36.4 Å². The largest absolute Gasteiger partial charge is 0.436 e. The molecule has 0 radical (unpaired) electrons. The van der Waals surface area contributed by atoms with Gasteiger partial charge >= 0.3 is 6.18 Å². The molecule has 0 saturated heterocycles. The van der Waals surface area contributed by atoms with Crippen LogP contribution in [0.15, 0.2) is 12.3 Å². The van der Waals surface area contributed by atoms with E-state index in [0.717, 1.165) is 25.1 Å². The van der Waals surface area contributed by atoms with E-state index in [1.165, 1.54) is 4.68 Å². The molecule has 2 aromatic rings. The number of amides is 1. The minimum atomic E-state index is -4.60. The Morgan fingerprint density at radius 3 is 2.69 bits per heavy atom. The third-order valence-electron chi connectivity index (χ3n) is 4.20.